The fourth-order valence-corrected chi connectivity index (χ4v) is 6.10. The first-order valence-electron chi connectivity index (χ1n) is 11.2. The molecule has 0 bridgehead atoms. The van der Waals surface area contributed by atoms with Crippen molar-refractivity contribution in [2.45, 2.75) is 29.7 Å². The second-order valence-electron chi connectivity index (χ2n) is 8.86. The summed E-state index contributed by atoms with van der Waals surface area (Å²) in [5, 5.41) is 0. The van der Waals surface area contributed by atoms with Crippen molar-refractivity contribution in [3.05, 3.63) is 59.9 Å². The molecule has 1 heterocycles. The van der Waals surface area contributed by atoms with Gasteiger partial charge in [-0.2, -0.15) is 0 Å². The van der Waals surface area contributed by atoms with E-state index in [1.165, 1.54) is 18.2 Å². The molecule has 2 fully saturated rings. The Hall–Kier alpha value is -2.49. The lowest BCUT2D eigenvalue weighted by atomic mass is 9.87. The maximum atomic E-state index is 13.6. The second-order valence-corrected chi connectivity index (χ2v) is 10.6. The van der Waals surface area contributed by atoms with Crippen molar-refractivity contribution in [1.29, 1.82) is 0 Å². The summed E-state index contributed by atoms with van der Waals surface area (Å²) in [7, 11) is -0.270. The van der Waals surface area contributed by atoms with Crippen LogP contribution in [0.3, 0.4) is 0 Å². The number of rotatable bonds is 6. The van der Waals surface area contributed by atoms with Crippen molar-refractivity contribution in [2.24, 2.45) is 5.92 Å². The molecule has 1 saturated carbocycles. The standard InChI is InChI=1S/C24H30FN3O4S/c1-27-10-12-28(13-11-27)24(29)23-16-19(15-22(23)17-6-8-20(32-2)9-7-17)26-33(30,31)21-5-3-4-18(25)14-21/h3-9,14,19,22-23,26H,10-13,15-16H2,1-2H3/t19-,22+,23-/m0/s1. The van der Waals surface area contributed by atoms with Gasteiger partial charge in [0, 0.05) is 38.1 Å². The van der Waals surface area contributed by atoms with Gasteiger partial charge < -0.3 is 14.5 Å². The molecule has 9 heteroatoms. The average Bonchev–Trinajstić information content (AvgIpc) is 3.22. The fraction of sp³-hybridized carbons (Fsp3) is 0.458. The van der Waals surface area contributed by atoms with Crippen molar-refractivity contribution < 1.29 is 22.3 Å². The van der Waals surface area contributed by atoms with Crippen LogP contribution in [0.1, 0.15) is 24.3 Å². The summed E-state index contributed by atoms with van der Waals surface area (Å²) in [6.07, 6.45) is 0.890. The summed E-state index contributed by atoms with van der Waals surface area (Å²) in [5.74, 6) is -0.271. The highest BCUT2D eigenvalue weighted by molar-refractivity contribution is 7.89. The van der Waals surface area contributed by atoms with Gasteiger partial charge in [-0.1, -0.05) is 18.2 Å². The van der Waals surface area contributed by atoms with E-state index in [0.717, 1.165) is 30.5 Å². The maximum absolute atomic E-state index is 13.6. The third kappa shape index (κ3) is 5.37. The molecule has 178 valence electrons. The van der Waals surface area contributed by atoms with Gasteiger partial charge >= 0.3 is 0 Å². The van der Waals surface area contributed by atoms with Crippen LogP contribution in [0.2, 0.25) is 0 Å². The first-order valence-corrected chi connectivity index (χ1v) is 12.6. The highest BCUT2D eigenvalue weighted by atomic mass is 32.2. The Labute approximate surface area is 194 Å². The first kappa shape index (κ1) is 23.7. The number of methoxy groups -OCH3 is 1. The number of hydrogen-bond acceptors (Lipinski definition) is 5. The van der Waals surface area contributed by atoms with Crippen molar-refractivity contribution >= 4 is 15.9 Å². The van der Waals surface area contributed by atoms with Gasteiger partial charge in [0.25, 0.3) is 0 Å². The van der Waals surface area contributed by atoms with Crippen LogP contribution < -0.4 is 9.46 Å². The van der Waals surface area contributed by atoms with Crippen LogP contribution >= 0.6 is 0 Å². The Morgan fingerprint density at radius 1 is 1.06 bits per heavy atom. The molecule has 3 atom stereocenters. The number of benzene rings is 2. The molecule has 0 unspecified atom stereocenters. The van der Waals surface area contributed by atoms with Crippen molar-refractivity contribution in [2.75, 3.05) is 40.3 Å². The van der Waals surface area contributed by atoms with Crippen LogP contribution in [-0.2, 0) is 14.8 Å². The van der Waals surface area contributed by atoms with E-state index < -0.39 is 21.9 Å². The van der Waals surface area contributed by atoms with E-state index in [9.17, 15) is 17.6 Å². The van der Waals surface area contributed by atoms with Crippen LogP contribution in [-0.4, -0.2) is 70.5 Å². The zero-order valence-electron chi connectivity index (χ0n) is 18.9. The van der Waals surface area contributed by atoms with E-state index in [-0.39, 0.29) is 22.6 Å². The SMILES string of the molecule is COc1ccc([C@H]2C[C@H](NS(=O)(=O)c3cccc(F)c3)C[C@@H]2C(=O)N2CCN(C)CC2)cc1. The molecular formula is C24H30FN3O4S. The quantitative estimate of drug-likeness (QED) is 0.695. The molecule has 0 aromatic heterocycles. The predicted molar refractivity (Wildman–Crippen MR) is 123 cm³/mol. The number of sulfonamides is 1. The maximum Gasteiger partial charge on any atom is 0.240 e. The minimum Gasteiger partial charge on any atom is -0.497 e. The van der Waals surface area contributed by atoms with E-state index in [1.807, 2.05) is 36.2 Å². The average molecular weight is 476 g/mol. The lowest BCUT2D eigenvalue weighted by Crippen LogP contribution is -2.49. The van der Waals surface area contributed by atoms with Crippen molar-refractivity contribution in [3.63, 3.8) is 0 Å². The van der Waals surface area contributed by atoms with Crippen LogP contribution in [0.15, 0.2) is 53.4 Å². The molecule has 1 saturated heterocycles. The van der Waals surface area contributed by atoms with Crippen molar-refractivity contribution in [3.8, 4) is 5.75 Å². The number of carbonyl (C=O) groups excluding carboxylic acids is 1. The van der Waals surface area contributed by atoms with Gasteiger partial charge in [0.05, 0.1) is 12.0 Å². The number of amides is 1. The van der Waals surface area contributed by atoms with Crippen LogP contribution in [0, 0.1) is 11.7 Å². The molecule has 2 aliphatic rings. The van der Waals surface area contributed by atoms with E-state index in [2.05, 4.69) is 9.62 Å². The summed E-state index contributed by atoms with van der Waals surface area (Å²) in [5.41, 5.74) is 0.982. The number of nitrogens with zero attached hydrogens (tertiary/aromatic N) is 2. The largest absolute Gasteiger partial charge is 0.497 e. The smallest absolute Gasteiger partial charge is 0.240 e. The topological polar surface area (TPSA) is 78.9 Å². The Morgan fingerprint density at radius 2 is 1.76 bits per heavy atom. The van der Waals surface area contributed by atoms with E-state index in [1.54, 1.807) is 7.11 Å². The minimum absolute atomic E-state index is 0.0661. The molecule has 7 nitrogen and oxygen atoms in total. The van der Waals surface area contributed by atoms with Crippen LogP contribution in [0.25, 0.3) is 0 Å². The Kier molecular flexibility index (Phi) is 7.02. The van der Waals surface area contributed by atoms with Crippen molar-refractivity contribution in [1.82, 2.24) is 14.5 Å². The third-order valence-corrected chi connectivity index (χ3v) is 8.19. The molecule has 1 amide bonds. The molecular weight excluding hydrogens is 445 g/mol. The summed E-state index contributed by atoms with van der Waals surface area (Å²) < 4.78 is 47.3. The number of halogens is 1. The summed E-state index contributed by atoms with van der Waals surface area (Å²) >= 11 is 0. The molecule has 0 spiro atoms. The number of carbonyl (C=O) groups is 1. The van der Waals surface area contributed by atoms with E-state index in [0.29, 0.717) is 25.9 Å². The molecule has 2 aromatic rings. The summed E-state index contributed by atoms with van der Waals surface area (Å²) in [6.45, 7) is 2.98. The minimum atomic E-state index is -3.91. The fourth-order valence-electron chi connectivity index (χ4n) is 4.81. The highest BCUT2D eigenvalue weighted by Crippen LogP contribution is 2.42. The highest BCUT2D eigenvalue weighted by Gasteiger charge is 2.43. The molecule has 33 heavy (non-hydrogen) atoms. The van der Waals surface area contributed by atoms with Gasteiger partial charge in [-0.15, -0.1) is 0 Å². The number of hydrogen-bond donors (Lipinski definition) is 1. The van der Waals surface area contributed by atoms with Gasteiger partial charge in [0.1, 0.15) is 11.6 Å². The molecule has 0 radical (unpaired) electrons. The first-order chi connectivity index (χ1) is 15.8. The molecule has 1 aliphatic heterocycles. The summed E-state index contributed by atoms with van der Waals surface area (Å²) in [4.78, 5) is 17.5. The van der Waals surface area contributed by atoms with Gasteiger partial charge in [0.2, 0.25) is 15.9 Å². The molecule has 1 aliphatic carbocycles. The van der Waals surface area contributed by atoms with Gasteiger partial charge in [-0.05, 0) is 61.7 Å². The number of nitrogens with one attached hydrogen (secondary N) is 1. The van der Waals surface area contributed by atoms with Gasteiger partial charge in [-0.3, -0.25) is 4.79 Å². The van der Waals surface area contributed by atoms with Crippen LogP contribution in [0.4, 0.5) is 4.39 Å². The zero-order valence-corrected chi connectivity index (χ0v) is 19.7. The third-order valence-electron chi connectivity index (χ3n) is 6.67. The lowest BCUT2D eigenvalue weighted by molar-refractivity contribution is -0.137. The Morgan fingerprint density at radius 3 is 2.39 bits per heavy atom. The predicted octanol–water partition coefficient (Wildman–Crippen LogP) is 2.45. The van der Waals surface area contributed by atoms with Gasteiger partial charge in [0.15, 0.2) is 0 Å². The monoisotopic (exact) mass is 475 g/mol. The molecule has 1 N–H and O–H groups in total. The van der Waals surface area contributed by atoms with Gasteiger partial charge in [-0.25, -0.2) is 17.5 Å². The van der Waals surface area contributed by atoms with Crippen LogP contribution in [0.5, 0.6) is 5.75 Å². The second kappa shape index (κ2) is 9.79. The Bertz CT molecular complexity index is 1090. The normalized spacial score (nSPS) is 24.1. The molecule has 4 rings (SSSR count). The zero-order chi connectivity index (χ0) is 23.6. The van der Waals surface area contributed by atoms with E-state index in [4.69, 9.17) is 4.74 Å². The summed E-state index contributed by atoms with van der Waals surface area (Å²) in [6, 6.07) is 12.1. The Balaban J connectivity index is 1.57. The van der Waals surface area contributed by atoms with E-state index >= 15 is 0 Å². The number of piperazine rings is 1. The lowest BCUT2D eigenvalue weighted by Gasteiger charge is -2.35. The molecule has 2 aromatic carbocycles. The number of likely N-dealkylation sites (N-methyl/N-ethyl adjacent to an activating group) is 1. The number of ether oxygens (including phenoxy) is 1.